The highest BCUT2D eigenvalue weighted by Crippen LogP contribution is 2.32. The summed E-state index contributed by atoms with van der Waals surface area (Å²) in [5.41, 5.74) is 1.76. The summed E-state index contributed by atoms with van der Waals surface area (Å²) in [6.07, 6.45) is 0. The number of nitrogens with one attached hydrogen (secondary N) is 2. The molecular weight excluding hydrogens is 402 g/mol. The van der Waals surface area contributed by atoms with E-state index in [2.05, 4.69) is 10.6 Å². The highest BCUT2D eigenvalue weighted by Gasteiger charge is 2.23. The Kier molecular flexibility index (Phi) is 7.56. The summed E-state index contributed by atoms with van der Waals surface area (Å²) < 4.78 is 32.4. The predicted octanol–water partition coefficient (Wildman–Crippen LogP) is 4.03. The summed E-state index contributed by atoms with van der Waals surface area (Å²) in [4.78, 5) is 24.5. The van der Waals surface area contributed by atoms with Crippen molar-refractivity contribution in [2.45, 2.75) is 32.7 Å². The highest BCUT2D eigenvalue weighted by atomic mass is 35.5. The number of hydrogen-bond donors (Lipinski definition) is 2. The van der Waals surface area contributed by atoms with Crippen LogP contribution < -0.4 is 15.4 Å². The molecule has 2 aromatic carbocycles. The molecule has 0 bridgehead atoms. The first-order valence-electron chi connectivity index (χ1n) is 9.02. The second-order valence-electron chi connectivity index (χ2n) is 6.87. The standard InChI is InChI=1S/C21H23ClF2N2O3/c1-11(2)14-9-15(22)12(3)7-18(14)29-10-19(27)26-20(21(28)25-4)13-5-6-16(23)17(24)8-13/h5-9,11,20H,10H2,1-4H3,(H,25,28)(H,26,27). The molecule has 0 saturated heterocycles. The van der Waals surface area contributed by atoms with Crippen molar-refractivity contribution in [2.24, 2.45) is 0 Å². The van der Waals surface area contributed by atoms with Crippen LogP contribution in [-0.2, 0) is 9.59 Å². The van der Waals surface area contributed by atoms with Gasteiger partial charge in [0.2, 0.25) is 5.91 Å². The molecule has 5 nitrogen and oxygen atoms in total. The maximum Gasteiger partial charge on any atom is 0.258 e. The van der Waals surface area contributed by atoms with Crippen LogP contribution in [-0.4, -0.2) is 25.5 Å². The third-order valence-electron chi connectivity index (χ3n) is 4.36. The smallest absolute Gasteiger partial charge is 0.258 e. The van der Waals surface area contributed by atoms with Crippen molar-refractivity contribution < 1.29 is 23.1 Å². The number of carbonyl (C=O) groups excluding carboxylic acids is 2. The third-order valence-corrected chi connectivity index (χ3v) is 4.77. The van der Waals surface area contributed by atoms with E-state index in [1.807, 2.05) is 20.8 Å². The summed E-state index contributed by atoms with van der Waals surface area (Å²) in [6.45, 7) is 5.40. The van der Waals surface area contributed by atoms with Gasteiger partial charge in [-0.15, -0.1) is 0 Å². The first-order valence-corrected chi connectivity index (χ1v) is 9.40. The van der Waals surface area contributed by atoms with Gasteiger partial charge in [0.25, 0.3) is 5.91 Å². The quantitative estimate of drug-likeness (QED) is 0.705. The van der Waals surface area contributed by atoms with Crippen molar-refractivity contribution in [2.75, 3.05) is 13.7 Å². The van der Waals surface area contributed by atoms with Crippen molar-refractivity contribution >= 4 is 23.4 Å². The van der Waals surface area contributed by atoms with Crippen LogP contribution in [0.1, 0.15) is 42.5 Å². The van der Waals surface area contributed by atoms with Gasteiger partial charge in [-0.3, -0.25) is 9.59 Å². The maximum atomic E-state index is 13.5. The van der Waals surface area contributed by atoms with Gasteiger partial charge in [0.05, 0.1) is 0 Å². The second kappa shape index (κ2) is 9.69. The Hall–Kier alpha value is -2.67. The average Bonchev–Trinajstić information content (AvgIpc) is 2.68. The van der Waals surface area contributed by atoms with Gasteiger partial charge in [-0.2, -0.15) is 0 Å². The van der Waals surface area contributed by atoms with Crippen molar-refractivity contribution in [3.8, 4) is 5.75 Å². The summed E-state index contributed by atoms with van der Waals surface area (Å²) in [7, 11) is 1.38. The average molecular weight is 425 g/mol. The van der Waals surface area contributed by atoms with E-state index in [9.17, 15) is 18.4 Å². The zero-order valence-corrected chi connectivity index (χ0v) is 17.4. The molecule has 1 atom stereocenters. The molecule has 1 unspecified atom stereocenters. The molecule has 2 aromatic rings. The van der Waals surface area contributed by atoms with E-state index >= 15 is 0 Å². The maximum absolute atomic E-state index is 13.5. The number of likely N-dealkylation sites (N-methyl/N-ethyl adjacent to an activating group) is 1. The fraction of sp³-hybridized carbons (Fsp3) is 0.333. The monoisotopic (exact) mass is 424 g/mol. The predicted molar refractivity (Wildman–Crippen MR) is 107 cm³/mol. The molecule has 2 N–H and O–H groups in total. The third kappa shape index (κ3) is 5.67. The minimum absolute atomic E-state index is 0.113. The van der Waals surface area contributed by atoms with Gasteiger partial charge in [-0.1, -0.05) is 31.5 Å². The summed E-state index contributed by atoms with van der Waals surface area (Å²) in [5, 5.41) is 5.47. The van der Waals surface area contributed by atoms with E-state index < -0.39 is 29.5 Å². The summed E-state index contributed by atoms with van der Waals surface area (Å²) in [6, 6.07) is 5.35. The lowest BCUT2D eigenvalue weighted by atomic mass is 10.0. The van der Waals surface area contributed by atoms with Gasteiger partial charge in [0, 0.05) is 12.1 Å². The van der Waals surface area contributed by atoms with E-state index in [-0.39, 0.29) is 18.1 Å². The lowest BCUT2D eigenvalue weighted by Gasteiger charge is -2.19. The number of halogens is 3. The molecule has 8 heteroatoms. The molecule has 0 heterocycles. The molecule has 29 heavy (non-hydrogen) atoms. The SMILES string of the molecule is CNC(=O)C(NC(=O)COc1cc(C)c(Cl)cc1C(C)C)c1ccc(F)c(F)c1. The number of aryl methyl sites for hydroxylation is 1. The molecule has 156 valence electrons. The number of hydrogen-bond acceptors (Lipinski definition) is 3. The number of amides is 2. The Balaban J connectivity index is 2.16. The van der Waals surface area contributed by atoms with E-state index in [1.165, 1.54) is 13.1 Å². The molecule has 0 radical (unpaired) electrons. The van der Waals surface area contributed by atoms with Gasteiger partial charge in [-0.25, -0.2) is 8.78 Å². The van der Waals surface area contributed by atoms with Gasteiger partial charge in [0.1, 0.15) is 11.8 Å². The van der Waals surface area contributed by atoms with Gasteiger partial charge in [-0.05, 0) is 53.8 Å². The molecule has 0 fully saturated rings. The minimum Gasteiger partial charge on any atom is -0.483 e. The van der Waals surface area contributed by atoms with E-state index in [4.69, 9.17) is 16.3 Å². The normalized spacial score (nSPS) is 11.9. The van der Waals surface area contributed by atoms with Crippen LogP contribution in [0.3, 0.4) is 0 Å². The number of benzene rings is 2. The van der Waals surface area contributed by atoms with E-state index in [0.29, 0.717) is 10.8 Å². The van der Waals surface area contributed by atoms with Crippen LogP contribution in [0.5, 0.6) is 5.75 Å². The number of carbonyl (C=O) groups is 2. The second-order valence-corrected chi connectivity index (χ2v) is 7.28. The summed E-state index contributed by atoms with van der Waals surface area (Å²) in [5.74, 6) is -2.69. The van der Waals surface area contributed by atoms with Gasteiger partial charge in [0.15, 0.2) is 18.2 Å². The zero-order chi connectivity index (χ0) is 21.7. The molecule has 0 aliphatic heterocycles. The largest absolute Gasteiger partial charge is 0.483 e. The van der Waals surface area contributed by atoms with Crippen LogP contribution in [0.15, 0.2) is 30.3 Å². The lowest BCUT2D eigenvalue weighted by molar-refractivity contribution is -0.129. The van der Waals surface area contributed by atoms with Crippen LogP contribution in [0, 0.1) is 18.6 Å². The van der Waals surface area contributed by atoms with Crippen LogP contribution in [0.4, 0.5) is 8.78 Å². The lowest BCUT2D eigenvalue weighted by Crippen LogP contribution is -2.41. The molecule has 0 spiro atoms. The Morgan fingerprint density at radius 3 is 2.41 bits per heavy atom. The molecule has 0 aliphatic rings. The fourth-order valence-electron chi connectivity index (χ4n) is 2.73. The van der Waals surface area contributed by atoms with Gasteiger partial charge < -0.3 is 15.4 Å². The van der Waals surface area contributed by atoms with E-state index in [1.54, 1.807) is 12.1 Å². The fourth-order valence-corrected chi connectivity index (χ4v) is 2.90. The van der Waals surface area contributed by atoms with Crippen LogP contribution in [0.2, 0.25) is 5.02 Å². The first-order chi connectivity index (χ1) is 13.6. The Morgan fingerprint density at radius 1 is 1.14 bits per heavy atom. The number of rotatable bonds is 7. The Bertz CT molecular complexity index is 919. The van der Waals surface area contributed by atoms with Gasteiger partial charge >= 0.3 is 0 Å². The van der Waals surface area contributed by atoms with Crippen LogP contribution in [0.25, 0.3) is 0 Å². The molecule has 0 aromatic heterocycles. The van der Waals surface area contributed by atoms with Crippen molar-refractivity contribution in [1.82, 2.24) is 10.6 Å². The topological polar surface area (TPSA) is 67.4 Å². The molecule has 2 rings (SSSR count). The van der Waals surface area contributed by atoms with Crippen molar-refractivity contribution in [3.05, 3.63) is 63.7 Å². The highest BCUT2D eigenvalue weighted by molar-refractivity contribution is 6.31. The molecule has 2 amide bonds. The van der Waals surface area contributed by atoms with E-state index in [0.717, 1.165) is 23.3 Å². The Morgan fingerprint density at radius 2 is 1.83 bits per heavy atom. The molecule has 0 saturated carbocycles. The summed E-state index contributed by atoms with van der Waals surface area (Å²) >= 11 is 6.17. The number of ether oxygens (including phenoxy) is 1. The van der Waals surface area contributed by atoms with Crippen molar-refractivity contribution in [3.63, 3.8) is 0 Å². The minimum atomic E-state index is -1.19. The van der Waals surface area contributed by atoms with Crippen LogP contribution >= 0.6 is 11.6 Å². The molecular formula is C21H23ClF2N2O3. The zero-order valence-electron chi connectivity index (χ0n) is 16.6. The first kappa shape index (κ1) is 22.6. The molecule has 0 aliphatic carbocycles. The van der Waals surface area contributed by atoms with Crippen molar-refractivity contribution in [1.29, 1.82) is 0 Å². The Labute approximate surface area is 173 Å².